The Bertz CT molecular complexity index is 734. The molecule has 0 aliphatic rings. The third kappa shape index (κ3) is 4.69. The molecule has 1 aromatic carbocycles. The first kappa shape index (κ1) is 20.1. The van der Waals surface area contributed by atoms with E-state index >= 15 is 0 Å². The van der Waals surface area contributed by atoms with Gasteiger partial charge in [-0.2, -0.15) is 4.98 Å². The highest BCUT2D eigenvalue weighted by molar-refractivity contribution is 6.82. The molecule has 0 aliphatic carbocycles. The Morgan fingerprint density at radius 2 is 1.77 bits per heavy atom. The number of halogens is 2. The minimum absolute atomic E-state index is 0.0522. The summed E-state index contributed by atoms with van der Waals surface area (Å²) in [6, 6.07) is 7.52. The van der Waals surface area contributed by atoms with Crippen molar-refractivity contribution in [3.63, 3.8) is 0 Å². The predicted molar refractivity (Wildman–Crippen MR) is 100 cm³/mol. The number of benzene rings is 1. The first-order valence-corrected chi connectivity index (χ1v) is 11.3. The molecule has 0 saturated heterocycles. The smallest absolute Gasteiger partial charge is 0.318 e. The fourth-order valence-electron chi connectivity index (χ4n) is 2.72. The normalized spacial score (nSPS) is 11.3. The van der Waals surface area contributed by atoms with Crippen LogP contribution in [0.1, 0.15) is 26.3 Å². The maximum Gasteiger partial charge on any atom is 0.318 e. The highest BCUT2D eigenvalue weighted by atomic mass is 28.3. The summed E-state index contributed by atoms with van der Waals surface area (Å²) in [7, 11) is -0.412. The van der Waals surface area contributed by atoms with E-state index in [1.165, 1.54) is 19.2 Å². The fourth-order valence-corrected chi connectivity index (χ4v) is 5.43. The second-order valence-electron chi connectivity index (χ2n) is 6.07. The Balaban J connectivity index is 2.12. The van der Waals surface area contributed by atoms with Gasteiger partial charge >= 0.3 is 6.01 Å². The Morgan fingerprint density at radius 1 is 1.08 bits per heavy atom. The van der Waals surface area contributed by atoms with Gasteiger partial charge < -0.3 is 14.5 Å². The Kier molecular flexibility index (Phi) is 6.90. The van der Waals surface area contributed by atoms with Gasteiger partial charge in [-0.05, 0) is 35.8 Å². The van der Waals surface area contributed by atoms with Crippen molar-refractivity contribution in [3.05, 3.63) is 41.6 Å². The average Bonchev–Trinajstić information content (AvgIpc) is 2.66. The van der Waals surface area contributed by atoms with Gasteiger partial charge in [0.1, 0.15) is 6.61 Å². The monoisotopic (exact) mass is 381 g/mol. The number of rotatable bonds is 9. The minimum Gasteiger partial charge on any atom is -0.494 e. The van der Waals surface area contributed by atoms with Crippen LogP contribution >= 0.6 is 0 Å². The molecule has 0 aliphatic heterocycles. The largest absolute Gasteiger partial charge is 0.494 e. The lowest BCUT2D eigenvalue weighted by Gasteiger charge is -2.29. The number of aromatic nitrogens is 2. The zero-order chi connectivity index (χ0) is 19.2. The molecule has 142 valence electrons. The molecule has 2 rings (SSSR count). The maximum absolute atomic E-state index is 14.1. The van der Waals surface area contributed by atoms with Crippen LogP contribution in [0, 0.1) is 11.6 Å². The summed E-state index contributed by atoms with van der Waals surface area (Å²) in [5.41, 5.74) is 0.602. The van der Waals surface area contributed by atoms with Crippen molar-refractivity contribution in [2.24, 2.45) is 0 Å². The minimum atomic E-state index is -1.82. The molecule has 2 aromatic rings. The summed E-state index contributed by atoms with van der Waals surface area (Å²) in [6.45, 7) is 6.41. The Morgan fingerprint density at radius 3 is 2.35 bits per heavy atom. The Labute approximate surface area is 153 Å². The highest BCUT2D eigenvalue weighted by Gasteiger charge is 2.29. The zero-order valence-electron chi connectivity index (χ0n) is 15.6. The number of hydrogen-bond acceptors (Lipinski definition) is 5. The molecule has 0 saturated carbocycles. The molecule has 26 heavy (non-hydrogen) atoms. The number of hydrogen-bond donors (Lipinski definition) is 1. The lowest BCUT2D eigenvalue weighted by atomic mass is 10.2. The molecule has 1 aromatic heterocycles. The quantitative estimate of drug-likeness (QED) is 0.635. The van der Waals surface area contributed by atoms with Crippen LogP contribution in [0.5, 0.6) is 11.8 Å². The second-order valence-corrected chi connectivity index (χ2v) is 11.0. The average molecular weight is 381 g/mol. The third-order valence-corrected chi connectivity index (χ3v) is 9.55. The number of anilines is 1. The van der Waals surface area contributed by atoms with Gasteiger partial charge in [-0.25, -0.2) is 13.8 Å². The molecule has 0 fully saturated rings. The van der Waals surface area contributed by atoms with Crippen LogP contribution in [0.25, 0.3) is 0 Å². The highest BCUT2D eigenvalue weighted by Crippen LogP contribution is 2.25. The van der Waals surface area contributed by atoms with Gasteiger partial charge in [0.15, 0.2) is 31.4 Å². The lowest BCUT2D eigenvalue weighted by Crippen LogP contribution is -2.42. The summed E-state index contributed by atoms with van der Waals surface area (Å²) in [5.74, 6) is -0.632. The van der Waals surface area contributed by atoms with Crippen molar-refractivity contribution in [2.45, 2.75) is 45.5 Å². The molecule has 0 radical (unpaired) electrons. The Hall–Kier alpha value is -2.22. The van der Waals surface area contributed by atoms with E-state index in [4.69, 9.17) is 9.47 Å². The van der Waals surface area contributed by atoms with E-state index in [9.17, 15) is 8.78 Å². The van der Waals surface area contributed by atoms with E-state index < -0.39 is 19.9 Å². The number of methoxy groups -OCH3 is 1. The van der Waals surface area contributed by atoms with Crippen LogP contribution in [0.2, 0.25) is 18.1 Å². The fraction of sp³-hybridized carbons (Fsp3) is 0.444. The standard InChI is InChI=1S/C18H25F2N3O2Si/c1-5-26(6-2,7-3)23-17-15(20)11-21-18(22-17)25-12-13-8-9-16(24-4)14(19)10-13/h8-11H,5-7,12H2,1-4H3,(H,21,22,23). The predicted octanol–water partition coefficient (Wildman–Crippen LogP) is 4.76. The van der Waals surface area contributed by atoms with Crippen molar-refractivity contribution < 1.29 is 18.3 Å². The van der Waals surface area contributed by atoms with Crippen molar-refractivity contribution in [3.8, 4) is 11.8 Å². The van der Waals surface area contributed by atoms with Crippen LogP contribution in [-0.2, 0) is 6.61 Å². The molecular formula is C18H25F2N3O2Si. The van der Waals surface area contributed by atoms with Crippen molar-refractivity contribution in [2.75, 3.05) is 12.1 Å². The van der Waals surface area contributed by atoms with E-state index in [0.717, 1.165) is 24.3 Å². The lowest BCUT2D eigenvalue weighted by molar-refractivity contribution is 0.279. The van der Waals surface area contributed by atoms with Crippen LogP contribution in [0.15, 0.2) is 24.4 Å². The first-order chi connectivity index (χ1) is 12.5. The van der Waals surface area contributed by atoms with Gasteiger partial charge in [0.2, 0.25) is 0 Å². The van der Waals surface area contributed by atoms with E-state index in [-0.39, 0.29) is 24.2 Å². The summed E-state index contributed by atoms with van der Waals surface area (Å²) >= 11 is 0. The molecule has 0 spiro atoms. The van der Waals surface area contributed by atoms with E-state index in [1.54, 1.807) is 6.07 Å². The maximum atomic E-state index is 14.1. The summed E-state index contributed by atoms with van der Waals surface area (Å²) in [5, 5.41) is 0. The zero-order valence-corrected chi connectivity index (χ0v) is 16.6. The van der Waals surface area contributed by atoms with Crippen LogP contribution in [-0.4, -0.2) is 25.3 Å². The van der Waals surface area contributed by atoms with E-state index in [1.807, 2.05) is 0 Å². The van der Waals surface area contributed by atoms with Crippen LogP contribution in [0.3, 0.4) is 0 Å². The van der Waals surface area contributed by atoms with Gasteiger partial charge in [0.05, 0.1) is 13.3 Å². The first-order valence-electron chi connectivity index (χ1n) is 8.72. The third-order valence-electron chi connectivity index (χ3n) is 4.72. The summed E-state index contributed by atoms with van der Waals surface area (Å²) < 4.78 is 38.2. The molecule has 0 unspecified atom stereocenters. The molecular weight excluding hydrogens is 356 g/mol. The van der Waals surface area contributed by atoms with Gasteiger partial charge in [-0.15, -0.1) is 0 Å². The van der Waals surface area contributed by atoms with Crippen LogP contribution in [0.4, 0.5) is 14.6 Å². The van der Waals surface area contributed by atoms with Crippen molar-refractivity contribution in [1.29, 1.82) is 0 Å². The number of nitrogens with zero attached hydrogens (tertiary/aromatic N) is 2. The topological polar surface area (TPSA) is 56.3 Å². The number of ether oxygens (including phenoxy) is 2. The molecule has 0 amide bonds. The van der Waals surface area contributed by atoms with Gasteiger partial charge in [-0.3, -0.25) is 0 Å². The summed E-state index contributed by atoms with van der Waals surface area (Å²) in [4.78, 5) is 11.4. The van der Waals surface area contributed by atoms with Crippen molar-refractivity contribution in [1.82, 2.24) is 9.97 Å². The van der Waals surface area contributed by atoms with Crippen molar-refractivity contribution >= 4 is 14.1 Å². The second kappa shape index (κ2) is 8.93. The van der Waals surface area contributed by atoms with E-state index in [0.29, 0.717) is 5.56 Å². The number of nitrogens with one attached hydrogen (secondary N) is 1. The summed E-state index contributed by atoms with van der Waals surface area (Å²) in [6.07, 6.45) is 1.10. The molecule has 5 nitrogen and oxygen atoms in total. The van der Waals surface area contributed by atoms with Gasteiger partial charge in [-0.1, -0.05) is 26.8 Å². The SMILES string of the molecule is CC[Si](CC)(CC)Nc1nc(OCc2ccc(OC)c(F)c2)ncc1F. The molecule has 0 atom stereocenters. The molecule has 1 N–H and O–H groups in total. The molecule has 1 heterocycles. The molecule has 0 bridgehead atoms. The molecule has 8 heteroatoms. The van der Waals surface area contributed by atoms with Crippen LogP contribution < -0.4 is 14.5 Å². The van der Waals surface area contributed by atoms with Gasteiger partial charge in [0.25, 0.3) is 0 Å². The van der Waals surface area contributed by atoms with E-state index in [2.05, 4.69) is 35.7 Å². The van der Waals surface area contributed by atoms with Gasteiger partial charge in [0, 0.05) is 0 Å².